The number of ether oxygens (including phenoxy) is 1. The average molecular weight is 197 g/mol. The molecule has 78 valence electrons. The third-order valence-electron chi connectivity index (χ3n) is 3.13. The fraction of sp³-hybridized carbons (Fsp3) is 0.700. The van der Waals surface area contributed by atoms with Gasteiger partial charge in [0, 0.05) is 19.5 Å². The maximum Gasteiger partial charge on any atom is 0.326 e. The maximum atomic E-state index is 11.7. The van der Waals surface area contributed by atoms with E-state index >= 15 is 0 Å². The van der Waals surface area contributed by atoms with E-state index in [9.17, 15) is 9.90 Å². The van der Waals surface area contributed by atoms with Gasteiger partial charge in [-0.1, -0.05) is 12.2 Å². The van der Waals surface area contributed by atoms with Crippen LogP contribution in [0.3, 0.4) is 0 Å². The first-order valence-electron chi connectivity index (χ1n) is 4.77. The fourth-order valence-electron chi connectivity index (χ4n) is 2.63. The van der Waals surface area contributed by atoms with Gasteiger partial charge >= 0.3 is 5.97 Å². The third-order valence-corrected chi connectivity index (χ3v) is 3.13. The van der Waals surface area contributed by atoms with E-state index in [0.717, 1.165) is 5.57 Å². The summed E-state index contributed by atoms with van der Waals surface area (Å²) >= 11 is 0. The van der Waals surface area contributed by atoms with Crippen molar-refractivity contribution in [1.29, 1.82) is 0 Å². The lowest BCUT2D eigenvalue weighted by Gasteiger charge is -2.27. The highest BCUT2D eigenvalue weighted by Crippen LogP contribution is 2.41. The van der Waals surface area contributed by atoms with Crippen LogP contribution in [0.4, 0.5) is 0 Å². The molecule has 14 heavy (non-hydrogen) atoms. The number of esters is 1. The van der Waals surface area contributed by atoms with E-state index in [1.165, 1.54) is 7.11 Å². The number of β-amino-alcohol motifs (C(OH)–C–C–N with tert-alkyl or cyclic N) is 1. The summed E-state index contributed by atoms with van der Waals surface area (Å²) in [6.45, 7) is 5.14. The quantitative estimate of drug-likeness (QED) is 0.472. The number of aliphatic hydroxyl groups is 1. The molecule has 0 aromatic carbocycles. The van der Waals surface area contributed by atoms with Gasteiger partial charge in [-0.05, 0) is 6.42 Å². The van der Waals surface area contributed by atoms with Crippen molar-refractivity contribution in [3.8, 4) is 0 Å². The van der Waals surface area contributed by atoms with Gasteiger partial charge in [0.2, 0.25) is 0 Å². The van der Waals surface area contributed by atoms with E-state index in [1.54, 1.807) is 0 Å². The molecule has 0 bridgehead atoms. The van der Waals surface area contributed by atoms with E-state index in [4.69, 9.17) is 4.74 Å². The number of methoxy groups -OCH3 is 1. The Labute approximate surface area is 83.2 Å². The van der Waals surface area contributed by atoms with Crippen molar-refractivity contribution in [1.82, 2.24) is 4.90 Å². The largest absolute Gasteiger partial charge is 0.468 e. The zero-order chi connectivity index (χ0) is 10.3. The Morgan fingerprint density at radius 2 is 2.50 bits per heavy atom. The molecule has 2 aliphatic heterocycles. The zero-order valence-corrected chi connectivity index (χ0v) is 8.32. The van der Waals surface area contributed by atoms with Crippen LogP contribution in [0.15, 0.2) is 12.2 Å². The normalized spacial score (nSPS) is 37.3. The summed E-state index contributed by atoms with van der Waals surface area (Å²) in [5.74, 6) is -0.243. The summed E-state index contributed by atoms with van der Waals surface area (Å²) in [5, 5.41) is 9.55. The van der Waals surface area contributed by atoms with Gasteiger partial charge in [-0.3, -0.25) is 9.69 Å². The second-order valence-corrected chi connectivity index (χ2v) is 4.19. The van der Waals surface area contributed by atoms with Crippen LogP contribution in [-0.2, 0) is 9.53 Å². The third kappa shape index (κ3) is 1.18. The second-order valence-electron chi connectivity index (χ2n) is 4.19. The van der Waals surface area contributed by atoms with Gasteiger partial charge in [0.05, 0.1) is 13.2 Å². The van der Waals surface area contributed by atoms with Crippen molar-refractivity contribution >= 4 is 5.97 Å². The summed E-state index contributed by atoms with van der Waals surface area (Å²) in [7, 11) is 1.39. The van der Waals surface area contributed by atoms with E-state index in [0.29, 0.717) is 25.9 Å². The number of rotatable bonds is 1. The standard InChI is InChI=1S/C10H15NO3/c1-7-3-10(9(13)14-2)4-8(12)6-11(10)5-7/h8,12H,1,3-6H2,2H3/t8-,10+/m0/s1. The van der Waals surface area contributed by atoms with Gasteiger partial charge in [0.15, 0.2) is 0 Å². The van der Waals surface area contributed by atoms with Crippen molar-refractivity contribution in [2.24, 2.45) is 0 Å². The first kappa shape index (κ1) is 9.68. The Morgan fingerprint density at radius 3 is 3.14 bits per heavy atom. The van der Waals surface area contributed by atoms with Gasteiger partial charge in [0.25, 0.3) is 0 Å². The van der Waals surface area contributed by atoms with Crippen molar-refractivity contribution in [2.75, 3.05) is 20.2 Å². The number of carbonyl (C=O) groups excluding carboxylic acids is 1. The fourth-order valence-corrected chi connectivity index (χ4v) is 2.63. The lowest BCUT2D eigenvalue weighted by Crippen LogP contribution is -2.46. The molecule has 0 radical (unpaired) electrons. The van der Waals surface area contributed by atoms with Crippen LogP contribution in [0.25, 0.3) is 0 Å². The summed E-state index contributed by atoms with van der Waals surface area (Å²) in [5.41, 5.74) is 0.424. The number of carbonyl (C=O) groups is 1. The van der Waals surface area contributed by atoms with Gasteiger partial charge in [0.1, 0.15) is 5.54 Å². The van der Waals surface area contributed by atoms with Crippen molar-refractivity contribution in [2.45, 2.75) is 24.5 Å². The molecule has 0 spiro atoms. The number of nitrogens with zero attached hydrogens (tertiary/aromatic N) is 1. The maximum absolute atomic E-state index is 11.7. The summed E-state index contributed by atoms with van der Waals surface area (Å²) in [6, 6.07) is 0. The molecule has 0 aromatic rings. The SMILES string of the molecule is C=C1CN2C[C@@H](O)C[C@@]2(C(=O)OC)C1. The summed E-state index contributed by atoms with van der Waals surface area (Å²) in [6.07, 6.45) is 0.678. The minimum Gasteiger partial charge on any atom is -0.468 e. The Balaban J connectivity index is 2.29. The van der Waals surface area contributed by atoms with Gasteiger partial charge < -0.3 is 9.84 Å². The zero-order valence-electron chi connectivity index (χ0n) is 8.32. The van der Waals surface area contributed by atoms with Gasteiger partial charge in [-0.2, -0.15) is 0 Å². The lowest BCUT2D eigenvalue weighted by atomic mass is 9.92. The Kier molecular flexibility index (Phi) is 2.12. The van der Waals surface area contributed by atoms with Crippen LogP contribution in [0.2, 0.25) is 0 Å². The lowest BCUT2D eigenvalue weighted by molar-refractivity contribution is -0.151. The van der Waals surface area contributed by atoms with Crippen LogP contribution in [-0.4, -0.2) is 47.8 Å². The smallest absolute Gasteiger partial charge is 0.326 e. The molecule has 2 heterocycles. The molecule has 4 heteroatoms. The predicted molar refractivity (Wildman–Crippen MR) is 50.7 cm³/mol. The van der Waals surface area contributed by atoms with Crippen molar-refractivity contribution in [3.63, 3.8) is 0 Å². The van der Waals surface area contributed by atoms with E-state index in [-0.39, 0.29) is 5.97 Å². The molecule has 2 rings (SSSR count). The van der Waals surface area contributed by atoms with Crippen LogP contribution < -0.4 is 0 Å². The molecular weight excluding hydrogens is 182 g/mol. The molecule has 1 N–H and O–H groups in total. The van der Waals surface area contributed by atoms with E-state index in [2.05, 4.69) is 6.58 Å². The molecule has 0 unspecified atom stereocenters. The average Bonchev–Trinajstić information content (AvgIpc) is 2.55. The molecule has 2 atom stereocenters. The minimum absolute atomic E-state index is 0.243. The monoisotopic (exact) mass is 197 g/mol. The van der Waals surface area contributed by atoms with Crippen molar-refractivity contribution < 1.29 is 14.6 Å². The first-order valence-corrected chi connectivity index (χ1v) is 4.77. The highest BCUT2D eigenvalue weighted by molar-refractivity contribution is 5.82. The predicted octanol–water partition coefficient (Wildman–Crippen LogP) is -0.0753. The van der Waals surface area contributed by atoms with Crippen LogP contribution >= 0.6 is 0 Å². The van der Waals surface area contributed by atoms with Gasteiger partial charge in [-0.25, -0.2) is 0 Å². The molecule has 0 aromatic heterocycles. The van der Waals surface area contributed by atoms with E-state index in [1.807, 2.05) is 4.90 Å². The Bertz CT molecular complexity index is 289. The number of hydrogen-bond acceptors (Lipinski definition) is 4. The first-order chi connectivity index (χ1) is 6.58. The molecule has 2 saturated heterocycles. The van der Waals surface area contributed by atoms with Crippen LogP contribution in [0.5, 0.6) is 0 Å². The topological polar surface area (TPSA) is 49.8 Å². The van der Waals surface area contributed by atoms with Crippen LogP contribution in [0.1, 0.15) is 12.8 Å². The summed E-state index contributed by atoms with van der Waals surface area (Å²) in [4.78, 5) is 13.7. The molecule has 0 amide bonds. The summed E-state index contributed by atoms with van der Waals surface area (Å²) < 4.78 is 4.80. The number of fused-ring (bicyclic) bond motifs is 1. The molecule has 2 aliphatic rings. The number of aliphatic hydroxyl groups excluding tert-OH is 1. The van der Waals surface area contributed by atoms with Gasteiger partial charge in [-0.15, -0.1) is 0 Å². The molecule has 0 saturated carbocycles. The highest BCUT2D eigenvalue weighted by atomic mass is 16.5. The molecule has 2 fully saturated rings. The second kappa shape index (κ2) is 3.07. The van der Waals surface area contributed by atoms with Crippen molar-refractivity contribution in [3.05, 3.63) is 12.2 Å². The highest BCUT2D eigenvalue weighted by Gasteiger charge is 2.55. The van der Waals surface area contributed by atoms with E-state index < -0.39 is 11.6 Å². The molecule has 4 nitrogen and oxygen atoms in total. The van der Waals surface area contributed by atoms with Crippen LogP contribution in [0, 0.1) is 0 Å². The molecule has 0 aliphatic carbocycles. The Morgan fingerprint density at radius 1 is 1.79 bits per heavy atom. The molecular formula is C10H15NO3. The minimum atomic E-state index is -0.620. The Hall–Kier alpha value is -0.870. The number of hydrogen-bond donors (Lipinski definition) is 1.